The summed E-state index contributed by atoms with van der Waals surface area (Å²) in [7, 11) is 1.36. The van der Waals surface area contributed by atoms with E-state index in [0.29, 0.717) is 11.3 Å². The van der Waals surface area contributed by atoms with Gasteiger partial charge in [-0.2, -0.15) is 10.4 Å². The fourth-order valence-corrected chi connectivity index (χ4v) is 1.89. The van der Waals surface area contributed by atoms with Gasteiger partial charge in [0, 0.05) is 7.05 Å². The molecular weight excluding hydrogens is 287 g/mol. The highest BCUT2D eigenvalue weighted by molar-refractivity contribution is 5.86. The molecule has 0 aliphatic carbocycles. The highest BCUT2D eigenvalue weighted by Gasteiger charge is 2.15. The Bertz CT molecular complexity index is 833. The smallest absolute Gasteiger partial charge is 0.271 e. The van der Waals surface area contributed by atoms with E-state index in [2.05, 4.69) is 10.5 Å². The van der Waals surface area contributed by atoms with Crippen LogP contribution < -0.4 is 11.0 Å². The van der Waals surface area contributed by atoms with Crippen molar-refractivity contribution in [2.75, 3.05) is 5.43 Å². The van der Waals surface area contributed by atoms with Crippen molar-refractivity contribution in [1.82, 2.24) is 4.57 Å². The molecular formula is C15H13FN4O2. The molecule has 0 radical (unpaired) electrons. The van der Waals surface area contributed by atoms with E-state index in [4.69, 9.17) is 5.26 Å². The maximum atomic E-state index is 12.8. The number of benzene rings is 1. The van der Waals surface area contributed by atoms with E-state index in [-0.39, 0.29) is 22.8 Å². The molecule has 2 N–H and O–H groups in total. The first kappa shape index (κ1) is 15.3. The highest BCUT2D eigenvalue weighted by atomic mass is 19.1. The van der Waals surface area contributed by atoms with Crippen LogP contribution in [0.4, 0.5) is 10.1 Å². The normalized spacial score (nSPS) is 10.6. The molecule has 0 spiro atoms. The van der Waals surface area contributed by atoms with Crippen LogP contribution in [0.1, 0.15) is 16.7 Å². The number of hydrogen-bond donors (Lipinski definition) is 2. The van der Waals surface area contributed by atoms with Crippen molar-refractivity contribution in [1.29, 1.82) is 5.26 Å². The number of nitriles is 1. The average molecular weight is 300 g/mol. The lowest BCUT2D eigenvalue weighted by molar-refractivity contribution is 0.421. The second-order valence-electron chi connectivity index (χ2n) is 4.59. The third-order valence-corrected chi connectivity index (χ3v) is 3.20. The molecule has 2 aromatic rings. The molecule has 6 nitrogen and oxygen atoms in total. The van der Waals surface area contributed by atoms with Gasteiger partial charge in [0.25, 0.3) is 5.56 Å². The maximum absolute atomic E-state index is 12.8. The standard InChI is InChI=1S/C15H13FN4O2/c1-9-12(7-17)14(21)20(2)15(22)13(9)8-18-19-11-5-3-10(16)4-6-11/h3-6,8,19,22H,1-2H3/b18-8-. The Morgan fingerprint density at radius 3 is 2.64 bits per heavy atom. The number of nitrogens with one attached hydrogen (secondary N) is 1. The summed E-state index contributed by atoms with van der Waals surface area (Å²) in [6, 6.07) is 7.38. The number of hydrogen-bond acceptors (Lipinski definition) is 5. The van der Waals surface area contributed by atoms with Gasteiger partial charge in [0.1, 0.15) is 17.4 Å². The molecule has 0 atom stereocenters. The number of anilines is 1. The van der Waals surface area contributed by atoms with Gasteiger partial charge in [-0.3, -0.25) is 14.8 Å². The summed E-state index contributed by atoms with van der Waals surface area (Å²) in [6.07, 6.45) is 1.30. The van der Waals surface area contributed by atoms with E-state index in [9.17, 15) is 14.3 Å². The molecule has 0 amide bonds. The molecule has 1 aromatic heterocycles. The zero-order valence-electron chi connectivity index (χ0n) is 12.0. The number of halogens is 1. The van der Waals surface area contributed by atoms with Crippen molar-refractivity contribution in [3.05, 3.63) is 57.1 Å². The molecule has 0 saturated heterocycles. The van der Waals surface area contributed by atoms with Gasteiger partial charge in [-0.25, -0.2) is 4.39 Å². The SMILES string of the molecule is Cc1c(/C=N\Nc2ccc(F)cc2)c(O)n(C)c(=O)c1C#N. The number of nitrogens with zero attached hydrogens (tertiary/aromatic N) is 3. The Hall–Kier alpha value is -3.14. The number of aromatic hydroxyl groups is 1. The topological polar surface area (TPSA) is 90.4 Å². The van der Waals surface area contributed by atoms with Crippen LogP contribution in [0.25, 0.3) is 0 Å². The minimum atomic E-state index is -0.568. The summed E-state index contributed by atoms with van der Waals surface area (Å²) in [6.45, 7) is 1.55. The zero-order valence-corrected chi connectivity index (χ0v) is 12.0. The van der Waals surface area contributed by atoms with E-state index in [1.807, 2.05) is 6.07 Å². The summed E-state index contributed by atoms with van der Waals surface area (Å²) >= 11 is 0. The molecule has 2 rings (SSSR count). The first-order valence-electron chi connectivity index (χ1n) is 6.33. The van der Waals surface area contributed by atoms with Gasteiger partial charge < -0.3 is 5.11 Å². The average Bonchev–Trinajstić information content (AvgIpc) is 2.51. The lowest BCUT2D eigenvalue weighted by atomic mass is 10.1. The Balaban J connectivity index is 2.35. The molecule has 1 aromatic carbocycles. The molecule has 0 saturated carbocycles. The third kappa shape index (κ3) is 2.81. The number of pyridine rings is 1. The minimum absolute atomic E-state index is 0.0523. The van der Waals surface area contributed by atoms with Crippen molar-refractivity contribution >= 4 is 11.9 Å². The van der Waals surface area contributed by atoms with E-state index in [1.165, 1.54) is 37.5 Å². The molecule has 0 aliphatic heterocycles. The van der Waals surface area contributed by atoms with Crippen molar-refractivity contribution < 1.29 is 9.50 Å². The van der Waals surface area contributed by atoms with E-state index in [1.54, 1.807) is 6.92 Å². The van der Waals surface area contributed by atoms with Crippen molar-refractivity contribution in [2.24, 2.45) is 12.1 Å². The van der Waals surface area contributed by atoms with E-state index >= 15 is 0 Å². The molecule has 0 unspecified atom stereocenters. The summed E-state index contributed by atoms with van der Waals surface area (Å²) < 4.78 is 13.8. The molecule has 112 valence electrons. The molecule has 0 aliphatic rings. The number of rotatable bonds is 3. The van der Waals surface area contributed by atoms with E-state index < -0.39 is 5.56 Å². The third-order valence-electron chi connectivity index (χ3n) is 3.20. The molecule has 0 fully saturated rings. The lowest BCUT2D eigenvalue weighted by Crippen LogP contribution is -2.22. The summed E-state index contributed by atoms with van der Waals surface area (Å²) in [4.78, 5) is 11.8. The largest absolute Gasteiger partial charge is 0.494 e. The van der Waals surface area contributed by atoms with Crippen LogP contribution in [0.5, 0.6) is 5.88 Å². The Morgan fingerprint density at radius 2 is 2.05 bits per heavy atom. The van der Waals surface area contributed by atoms with E-state index in [0.717, 1.165) is 4.57 Å². The van der Waals surface area contributed by atoms with Crippen molar-refractivity contribution in [2.45, 2.75) is 6.92 Å². The second-order valence-corrected chi connectivity index (χ2v) is 4.59. The molecule has 1 heterocycles. The van der Waals surface area contributed by atoms with Crippen LogP contribution in [-0.2, 0) is 7.05 Å². The van der Waals surface area contributed by atoms with Gasteiger partial charge in [-0.1, -0.05) is 0 Å². The minimum Gasteiger partial charge on any atom is -0.494 e. The maximum Gasteiger partial charge on any atom is 0.271 e. The fourth-order valence-electron chi connectivity index (χ4n) is 1.89. The molecule has 7 heteroatoms. The highest BCUT2D eigenvalue weighted by Crippen LogP contribution is 2.18. The Labute approximate surface area is 125 Å². The Morgan fingerprint density at radius 1 is 1.41 bits per heavy atom. The zero-order chi connectivity index (χ0) is 16.3. The fraction of sp³-hybridized carbons (Fsp3) is 0.133. The first-order chi connectivity index (χ1) is 10.5. The summed E-state index contributed by atoms with van der Waals surface area (Å²) in [5.74, 6) is -0.647. The van der Waals surface area contributed by atoms with Gasteiger partial charge in [0.2, 0.25) is 5.88 Å². The van der Waals surface area contributed by atoms with Gasteiger partial charge in [-0.05, 0) is 36.8 Å². The predicted octanol–water partition coefficient (Wildman–Crippen LogP) is 1.86. The predicted molar refractivity (Wildman–Crippen MR) is 80.4 cm³/mol. The summed E-state index contributed by atoms with van der Waals surface area (Å²) in [5, 5.41) is 23.0. The monoisotopic (exact) mass is 300 g/mol. The molecule has 22 heavy (non-hydrogen) atoms. The van der Waals surface area contributed by atoms with Crippen LogP contribution in [0.2, 0.25) is 0 Å². The lowest BCUT2D eigenvalue weighted by Gasteiger charge is -2.09. The van der Waals surface area contributed by atoms with Crippen LogP contribution >= 0.6 is 0 Å². The van der Waals surface area contributed by atoms with Crippen LogP contribution in [0.3, 0.4) is 0 Å². The van der Waals surface area contributed by atoms with Gasteiger partial charge in [0.15, 0.2) is 0 Å². The van der Waals surface area contributed by atoms with Gasteiger partial charge >= 0.3 is 0 Å². The van der Waals surface area contributed by atoms with Crippen LogP contribution in [0, 0.1) is 24.1 Å². The second kappa shape index (κ2) is 6.10. The van der Waals surface area contributed by atoms with Gasteiger partial charge in [0.05, 0.1) is 17.5 Å². The number of aromatic nitrogens is 1. The number of hydrazone groups is 1. The van der Waals surface area contributed by atoms with Crippen LogP contribution in [-0.4, -0.2) is 15.9 Å². The van der Waals surface area contributed by atoms with Gasteiger partial charge in [-0.15, -0.1) is 0 Å². The Kier molecular flexibility index (Phi) is 4.23. The first-order valence-corrected chi connectivity index (χ1v) is 6.33. The van der Waals surface area contributed by atoms with Crippen molar-refractivity contribution in [3.63, 3.8) is 0 Å². The quantitative estimate of drug-likeness (QED) is 0.668. The van der Waals surface area contributed by atoms with Crippen molar-refractivity contribution in [3.8, 4) is 11.9 Å². The summed E-state index contributed by atoms with van der Waals surface area (Å²) in [5.41, 5.74) is 3.20. The van der Waals surface area contributed by atoms with Crippen LogP contribution in [0.15, 0.2) is 34.2 Å². The molecule has 0 bridgehead atoms.